The topological polar surface area (TPSA) is 43.6 Å². The van der Waals surface area contributed by atoms with Crippen LogP contribution in [0.15, 0.2) is 231 Å². The maximum absolute atomic E-state index is 5.38. The van der Waals surface area contributed by atoms with Crippen LogP contribution in [0.5, 0.6) is 0 Å². The van der Waals surface area contributed by atoms with E-state index in [0.717, 1.165) is 38.3 Å². The van der Waals surface area contributed by atoms with Gasteiger partial charge in [0.15, 0.2) is 11.6 Å². The molecule has 10 aromatic carbocycles. The number of hydrogen-bond acceptors (Lipinski definition) is 3. The van der Waals surface area contributed by atoms with Gasteiger partial charge in [0.2, 0.25) is 5.95 Å². The molecule has 4 nitrogen and oxygen atoms in total. The molecule has 0 N–H and O–H groups in total. The number of aromatic nitrogens is 4. The molecule has 15 rings (SSSR count). The average molecular weight is 851 g/mol. The third kappa shape index (κ3) is 4.59. The summed E-state index contributed by atoms with van der Waals surface area (Å²) in [5.41, 5.74) is 18.5. The van der Waals surface area contributed by atoms with Crippen LogP contribution in [0.1, 0.15) is 44.5 Å². The molecule has 0 amide bonds. The fraction of sp³-hybridized carbons (Fsp3) is 0.0317. The van der Waals surface area contributed by atoms with Crippen molar-refractivity contribution < 1.29 is 0 Å². The van der Waals surface area contributed by atoms with Crippen LogP contribution in [-0.4, -0.2) is 19.5 Å². The molecule has 0 bridgehead atoms. The molecule has 3 aliphatic carbocycles. The molecular weight excluding hydrogens is 813 g/mol. The normalized spacial score (nSPS) is 14.2. The summed E-state index contributed by atoms with van der Waals surface area (Å²) in [6, 6.07) is 84.6. The minimum atomic E-state index is -0.621. The average Bonchev–Trinajstić information content (AvgIpc) is 4.02. The Hall–Kier alpha value is -8.73. The first-order valence-corrected chi connectivity index (χ1v) is 23.1. The molecule has 0 radical (unpaired) electrons. The van der Waals surface area contributed by atoms with Gasteiger partial charge in [0.25, 0.3) is 0 Å². The van der Waals surface area contributed by atoms with Gasteiger partial charge in [0.1, 0.15) is 0 Å². The van der Waals surface area contributed by atoms with Crippen molar-refractivity contribution in [3.63, 3.8) is 0 Å². The van der Waals surface area contributed by atoms with Crippen molar-refractivity contribution in [1.29, 1.82) is 0 Å². The third-order valence-corrected chi connectivity index (χ3v) is 15.1. The molecule has 0 unspecified atom stereocenters. The van der Waals surface area contributed by atoms with Crippen LogP contribution in [0.25, 0.3) is 83.6 Å². The molecule has 3 aliphatic rings. The van der Waals surface area contributed by atoms with Crippen molar-refractivity contribution in [2.75, 3.05) is 0 Å². The second-order valence-electron chi connectivity index (χ2n) is 18.1. The van der Waals surface area contributed by atoms with Gasteiger partial charge in [-0.1, -0.05) is 224 Å². The summed E-state index contributed by atoms with van der Waals surface area (Å²) in [5, 5.41) is 4.65. The van der Waals surface area contributed by atoms with E-state index >= 15 is 0 Å². The first-order chi connectivity index (χ1) is 33.3. The molecule has 0 atom stereocenters. The predicted octanol–water partition coefficient (Wildman–Crippen LogP) is 14.5. The number of nitrogens with zero attached hydrogens (tertiary/aromatic N) is 4. The van der Waals surface area contributed by atoms with Crippen LogP contribution in [0.2, 0.25) is 0 Å². The van der Waals surface area contributed by atoms with Crippen molar-refractivity contribution >= 4 is 32.6 Å². The second-order valence-corrected chi connectivity index (χ2v) is 18.1. The minimum absolute atomic E-state index is 0.506. The first kappa shape index (κ1) is 36.6. The van der Waals surface area contributed by atoms with Gasteiger partial charge in [-0.25, -0.2) is 4.98 Å². The van der Waals surface area contributed by atoms with Crippen molar-refractivity contribution in [2.45, 2.75) is 10.8 Å². The lowest BCUT2D eigenvalue weighted by Crippen LogP contribution is -2.43. The predicted molar refractivity (Wildman–Crippen MR) is 271 cm³/mol. The number of benzene rings is 10. The van der Waals surface area contributed by atoms with Crippen LogP contribution in [-0.2, 0) is 10.8 Å². The van der Waals surface area contributed by atoms with E-state index in [-0.39, 0.29) is 0 Å². The summed E-state index contributed by atoms with van der Waals surface area (Å²) in [6.45, 7) is 0. The van der Waals surface area contributed by atoms with E-state index in [1.807, 2.05) is 36.4 Å². The van der Waals surface area contributed by atoms with E-state index in [4.69, 9.17) is 15.0 Å². The van der Waals surface area contributed by atoms with Gasteiger partial charge in [0, 0.05) is 27.3 Å². The smallest absolute Gasteiger partial charge is 0.238 e. The second kappa shape index (κ2) is 13.4. The Morgan fingerprint density at radius 3 is 1.33 bits per heavy atom. The number of rotatable bonds is 3. The molecule has 0 saturated heterocycles. The van der Waals surface area contributed by atoms with Crippen molar-refractivity contribution in [1.82, 2.24) is 19.5 Å². The van der Waals surface area contributed by atoms with E-state index < -0.39 is 10.8 Å². The highest BCUT2D eigenvalue weighted by Crippen LogP contribution is 2.68. The Kier molecular flexibility index (Phi) is 7.33. The maximum Gasteiger partial charge on any atom is 0.238 e. The van der Waals surface area contributed by atoms with Gasteiger partial charge in [0.05, 0.1) is 21.9 Å². The van der Waals surface area contributed by atoms with Crippen LogP contribution < -0.4 is 0 Å². The molecule has 2 aromatic heterocycles. The van der Waals surface area contributed by atoms with Crippen molar-refractivity contribution in [2.24, 2.45) is 0 Å². The molecular formula is C63H38N4. The Balaban J connectivity index is 1.09. The number of hydrogen-bond donors (Lipinski definition) is 0. The third-order valence-electron chi connectivity index (χ3n) is 15.1. The monoisotopic (exact) mass is 850 g/mol. The van der Waals surface area contributed by atoms with E-state index in [0.29, 0.717) is 17.6 Å². The van der Waals surface area contributed by atoms with Gasteiger partial charge in [-0.2, -0.15) is 9.97 Å². The minimum Gasteiger partial charge on any atom is -0.277 e. The van der Waals surface area contributed by atoms with E-state index in [1.165, 1.54) is 72.1 Å². The Bertz CT molecular complexity index is 3900. The summed E-state index contributed by atoms with van der Waals surface area (Å²) < 4.78 is 2.31. The summed E-state index contributed by atoms with van der Waals surface area (Å²) in [4.78, 5) is 15.9. The van der Waals surface area contributed by atoms with Crippen LogP contribution >= 0.6 is 0 Å². The van der Waals surface area contributed by atoms with E-state index in [9.17, 15) is 0 Å². The maximum atomic E-state index is 5.38. The number of fused-ring (bicyclic) bond motifs is 22. The molecule has 2 spiro atoms. The van der Waals surface area contributed by atoms with E-state index in [2.05, 4.69) is 199 Å². The van der Waals surface area contributed by atoms with E-state index in [1.54, 1.807) is 0 Å². The fourth-order valence-corrected chi connectivity index (χ4v) is 12.7. The van der Waals surface area contributed by atoms with Crippen LogP contribution in [0, 0.1) is 0 Å². The summed E-state index contributed by atoms with van der Waals surface area (Å²) >= 11 is 0. The SMILES string of the molecule is c1ccc(-c2nc(-c3ccccc3)nc(-n3c4ccc5c(c4c4ccc6ccccc6c43)-c3ccccc3C53c4ccccc4C4(c5ccccc5-c5ccccc54)c4ccccc43)n2)cc1. The summed E-state index contributed by atoms with van der Waals surface area (Å²) in [6.07, 6.45) is 0. The zero-order chi connectivity index (χ0) is 43.8. The van der Waals surface area contributed by atoms with Gasteiger partial charge >= 0.3 is 0 Å². The molecule has 0 saturated carbocycles. The van der Waals surface area contributed by atoms with Crippen molar-refractivity contribution in [3.05, 3.63) is 275 Å². The van der Waals surface area contributed by atoms with Crippen LogP contribution in [0.3, 0.4) is 0 Å². The highest BCUT2D eigenvalue weighted by atomic mass is 15.2. The summed E-state index contributed by atoms with van der Waals surface area (Å²) in [5.74, 6) is 1.84. The first-order valence-electron chi connectivity index (χ1n) is 23.1. The van der Waals surface area contributed by atoms with Gasteiger partial charge in [-0.3, -0.25) is 4.57 Å². The molecule has 4 heteroatoms. The lowest BCUT2D eigenvalue weighted by atomic mass is 9.52. The molecule has 2 heterocycles. The molecule has 0 fully saturated rings. The van der Waals surface area contributed by atoms with Gasteiger partial charge in [-0.05, 0) is 78.2 Å². The molecule has 67 heavy (non-hydrogen) atoms. The zero-order valence-electron chi connectivity index (χ0n) is 36.2. The fourth-order valence-electron chi connectivity index (χ4n) is 12.7. The summed E-state index contributed by atoms with van der Waals surface area (Å²) in [7, 11) is 0. The Morgan fingerprint density at radius 1 is 0.313 bits per heavy atom. The van der Waals surface area contributed by atoms with Gasteiger partial charge < -0.3 is 0 Å². The largest absolute Gasteiger partial charge is 0.277 e. The highest BCUT2D eigenvalue weighted by Gasteiger charge is 2.59. The van der Waals surface area contributed by atoms with Gasteiger partial charge in [-0.15, -0.1) is 0 Å². The lowest BCUT2D eigenvalue weighted by Gasteiger charge is -2.48. The van der Waals surface area contributed by atoms with Crippen molar-refractivity contribution in [3.8, 4) is 51.0 Å². The Labute approximate surface area is 387 Å². The standard InChI is InChI=1S/C63H38N4/c1-3-20-40(21-4-1)59-64-60(41-22-5-2-6-23-41)66-61(65-59)67-55-38-37-54-56(57(55)46-36-35-39-19-7-8-24-42(39)58(46)67)45-27-11-14-30-49(45)63(54)52-33-17-15-31-50(52)62(51-32-16-18-34-53(51)63)47-28-12-9-25-43(47)44-26-10-13-29-48(44)62/h1-38H. The zero-order valence-corrected chi connectivity index (χ0v) is 36.2. The van der Waals surface area contributed by atoms with Crippen LogP contribution in [0.4, 0.5) is 0 Å². The highest BCUT2D eigenvalue weighted by molar-refractivity contribution is 6.24. The molecule has 0 aliphatic heterocycles. The molecule has 310 valence electrons. The Morgan fingerprint density at radius 2 is 0.761 bits per heavy atom. The quantitative estimate of drug-likeness (QED) is 0.178. The lowest BCUT2D eigenvalue weighted by molar-refractivity contribution is 0.633. The molecule has 12 aromatic rings.